The Morgan fingerprint density at radius 2 is 2.00 bits per heavy atom. The minimum atomic E-state index is -4.22. The number of halogens is 3. The molecule has 0 spiro atoms. The number of hydrogen-bond acceptors (Lipinski definition) is 4. The van der Waals surface area contributed by atoms with Crippen molar-refractivity contribution in [2.45, 2.75) is 45.5 Å². The van der Waals surface area contributed by atoms with Gasteiger partial charge in [-0.05, 0) is 25.3 Å². The molecule has 2 rings (SSSR count). The second-order valence-electron chi connectivity index (χ2n) is 5.86. The van der Waals surface area contributed by atoms with Crippen LogP contribution in [0.3, 0.4) is 0 Å². The molecular formula is C14H21F3N4. The highest BCUT2D eigenvalue weighted by molar-refractivity contribution is 5.39. The van der Waals surface area contributed by atoms with Crippen LogP contribution in [0.2, 0.25) is 0 Å². The van der Waals surface area contributed by atoms with Crippen LogP contribution in [0.15, 0.2) is 12.4 Å². The van der Waals surface area contributed by atoms with Crippen molar-refractivity contribution in [3.05, 3.63) is 18.1 Å². The number of rotatable bonds is 7. The predicted molar refractivity (Wildman–Crippen MR) is 75.0 cm³/mol. The molecule has 1 aliphatic carbocycles. The molecule has 118 valence electrons. The van der Waals surface area contributed by atoms with Crippen molar-refractivity contribution in [1.29, 1.82) is 0 Å². The number of alkyl halides is 3. The number of anilines is 1. The maximum absolute atomic E-state index is 12.6. The van der Waals surface area contributed by atoms with E-state index in [1.165, 1.54) is 11.1 Å². The van der Waals surface area contributed by atoms with Gasteiger partial charge in [0.1, 0.15) is 12.4 Å². The smallest absolute Gasteiger partial charge is 0.343 e. The summed E-state index contributed by atoms with van der Waals surface area (Å²) in [5, 5.41) is 3.23. The van der Waals surface area contributed by atoms with Crippen molar-refractivity contribution < 1.29 is 13.2 Å². The monoisotopic (exact) mass is 302 g/mol. The standard InChI is InChI=1S/C14H21F3N4/c1-10(2)5-18-6-11-7-20-13(8-19-11)21(12-3-4-12)9-14(15,16)17/h7-8,10,12,18H,3-6,9H2,1-2H3. The predicted octanol–water partition coefficient (Wildman–Crippen LogP) is 2.75. The summed E-state index contributed by atoms with van der Waals surface area (Å²) in [4.78, 5) is 9.65. The van der Waals surface area contributed by atoms with Crippen LogP contribution in [-0.2, 0) is 6.54 Å². The fourth-order valence-electron chi connectivity index (χ4n) is 2.05. The number of aromatic nitrogens is 2. The first-order valence-corrected chi connectivity index (χ1v) is 7.20. The Hall–Kier alpha value is -1.37. The number of hydrogen-bond donors (Lipinski definition) is 1. The summed E-state index contributed by atoms with van der Waals surface area (Å²) < 4.78 is 37.8. The van der Waals surface area contributed by atoms with E-state index in [0.717, 1.165) is 25.1 Å². The molecule has 21 heavy (non-hydrogen) atoms. The van der Waals surface area contributed by atoms with Crippen LogP contribution in [0, 0.1) is 5.92 Å². The lowest BCUT2D eigenvalue weighted by molar-refractivity contribution is -0.120. The Balaban J connectivity index is 1.96. The highest BCUT2D eigenvalue weighted by Crippen LogP contribution is 2.33. The van der Waals surface area contributed by atoms with Crippen molar-refractivity contribution in [1.82, 2.24) is 15.3 Å². The molecule has 1 N–H and O–H groups in total. The van der Waals surface area contributed by atoms with Gasteiger partial charge in [-0.15, -0.1) is 0 Å². The van der Waals surface area contributed by atoms with Gasteiger partial charge in [-0.3, -0.25) is 4.98 Å². The summed E-state index contributed by atoms with van der Waals surface area (Å²) >= 11 is 0. The third-order valence-electron chi connectivity index (χ3n) is 3.18. The van der Waals surface area contributed by atoms with Crippen LogP contribution in [0.4, 0.5) is 19.0 Å². The van der Waals surface area contributed by atoms with Gasteiger partial charge in [0.2, 0.25) is 0 Å². The quantitative estimate of drug-likeness (QED) is 0.841. The zero-order valence-electron chi connectivity index (χ0n) is 12.3. The van der Waals surface area contributed by atoms with Crippen molar-refractivity contribution in [3.63, 3.8) is 0 Å². The van der Waals surface area contributed by atoms with Gasteiger partial charge < -0.3 is 10.2 Å². The van der Waals surface area contributed by atoms with E-state index >= 15 is 0 Å². The average molecular weight is 302 g/mol. The summed E-state index contributed by atoms with van der Waals surface area (Å²) in [6.07, 6.45) is 0.345. The topological polar surface area (TPSA) is 41.1 Å². The largest absolute Gasteiger partial charge is 0.405 e. The molecule has 0 atom stereocenters. The van der Waals surface area contributed by atoms with Gasteiger partial charge >= 0.3 is 6.18 Å². The molecule has 0 unspecified atom stereocenters. The molecule has 1 fully saturated rings. The summed E-state index contributed by atoms with van der Waals surface area (Å²) in [7, 11) is 0. The van der Waals surface area contributed by atoms with Gasteiger partial charge in [-0.25, -0.2) is 4.98 Å². The minimum absolute atomic E-state index is 0.0501. The minimum Gasteiger partial charge on any atom is -0.343 e. The van der Waals surface area contributed by atoms with E-state index in [4.69, 9.17) is 0 Å². The molecule has 7 heteroatoms. The lowest BCUT2D eigenvalue weighted by atomic mass is 10.2. The molecule has 1 saturated carbocycles. The Kier molecular flexibility index (Phi) is 5.03. The van der Waals surface area contributed by atoms with Crippen molar-refractivity contribution >= 4 is 5.82 Å². The zero-order chi connectivity index (χ0) is 15.5. The Morgan fingerprint density at radius 3 is 2.48 bits per heavy atom. The lowest BCUT2D eigenvalue weighted by Gasteiger charge is -2.24. The third kappa shape index (κ3) is 5.49. The van der Waals surface area contributed by atoms with Gasteiger partial charge in [0.25, 0.3) is 0 Å². The van der Waals surface area contributed by atoms with E-state index in [1.54, 1.807) is 6.20 Å². The molecule has 4 nitrogen and oxygen atoms in total. The summed E-state index contributed by atoms with van der Waals surface area (Å²) in [5.74, 6) is 0.844. The van der Waals surface area contributed by atoms with Gasteiger partial charge in [0.05, 0.1) is 18.1 Å². The zero-order valence-corrected chi connectivity index (χ0v) is 12.3. The van der Waals surface area contributed by atoms with E-state index in [9.17, 15) is 13.2 Å². The van der Waals surface area contributed by atoms with E-state index in [0.29, 0.717) is 18.3 Å². The Morgan fingerprint density at radius 1 is 1.29 bits per heavy atom. The number of nitrogens with one attached hydrogen (secondary N) is 1. The Labute approximate surface area is 122 Å². The molecule has 1 heterocycles. The molecule has 0 radical (unpaired) electrons. The maximum Gasteiger partial charge on any atom is 0.405 e. The molecule has 1 aromatic rings. The van der Waals surface area contributed by atoms with Crippen molar-refractivity contribution in [2.24, 2.45) is 5.92 Å². The van der Waals surface area contributed by atoms with E-state index in [-0.39, 0.29) is 6.04 Å². The van der Waals surface area contributed by atoms with E-state index in [1.807, 2.05) is 0 Å². The lowest BCUT2D eigenvalue weighted by Crippen LogP contribution is -2.36. The molecule has 0 saturated heterocycles. The first-order chi connectivity index (χ1) is 9.85. The molecule has 0 aromatic carbocycles. The second kappa shape index (κ2) is 6.60. The second-order valence-corrected chi connectivity index (χ2v) is 5.86. The molecule has 0 amide bonds. The summed E-state index contributed by atoms with van der Waals surface area (Å²) in [6, 6.07) is -0.0501. The molecule has 1 aliphatic rings. The number of nitrogens with zero attached hydrogens (tertiary/aromatic N) is 3. The summed E-state index contributed by atoms with van der Waals surface area (Å²) in [5.41, 5.74) is 0.738. The van der Waals surface area contributed by atoms with Crippen LogP contribution < -0.4 is 10.2 Å². The SMILES string of the molecule is CC(C)CNCc1cnc(N(CC(F)(F)F)C2CC2)cn1. The van der Waals surface area contributed by atoms with E-state index in [2.05, 4.69) is 29.1 Å². The molecular weight excluding hydrogens is 281 g/mol. The molecule has 0 aliphatic heterocycles. The van der Waals surface area contributed by atoms with E-state index < -0.39 is 12.7 Å². The third-order valence-corrected chi connectivity index (χ3v) is 3.18. The van der Waals surface area contributed by atoms with Gasteiger partial charge in [0.15, 0.2) is 0 Å². The van der Waals surface area contributed by atoms with Crippen LogP contribution in [0.25, 0.3) is 0 Å². The maximum atomic E-state index is 12.6. The van der Waals surface area contributed by atoms with Gasteiger partial charge in [0, 0.05) is 12.6 Å². The molecule has 0 bridgehead atoms. The van der Waals surface area contributed by atoms with Crippen molar-refractivity contribution in [2.75, 3.05) is 18.0 Å². The first kappa shape index (κ1) is 16.0. The molecule has 1 aromatic heterocycles. The van der Waals surface area contributed by atoms with Crippen LogP contribution in [0.1, 0.15) is 32.4 Å². The van der Waals surface area contributed by atoms with Crippen LogP contribution in [-0.4, -0.2) is 35.3 Å². The highest BCUT2D eigenvalue weighted by atomic mass is 19.4. The fraction of sp³-hybridized carbons (Fsp3) is 0.714. The first-order valence-electron chi connectivity index (χ1n) is 7.20. The van der Waals surface area contributed by atoms with Gasteiger partial charge in [-0.1, -0.05) is 13.8 Å². The Bertz CT molecular complexity index is 441. The average Bonchev–Trinajstić information content (AvgIpc) is 3.20. The summed E-state index contributed by atoms with van der Waals surface area (Å²) in [6.45, 7) is 4.69. The highest BCUT2D eigenvalue weighted by Gasteiger charge is 2.38. The van der Waals surface area contributed by atoms with Crippen molar-refractivity contribution in [3.8, 4) is 0 Å². The normalized spacial score (nSPS) is 15.5. The van der Waals surface area contributed by atoms with Gasteiger partial charge in [-0.2, -0.15) is 13.2 Å². The van der Waals surface area contributed by atoms with Crippen LogP contribution >= 0.6 is 0 Å². The van der Waals surface area contributed by atoms with Crippen LogP contribution in [0.5, 0.6) is 0 Å². The fourth-order valence-corrected chi connectivity index (χ4v) is 2.05.